The standard InChI is InChI=1S/C15H24N2O2/c1-2-4-12(5-3-1)10-18-11-15-8-14(17-19-15)9-16-13-6-7-13/h8,12-13,16H,1-7,9-11H2. The molecule has 0 bridgehead atoms. The number of hydrogen-bond acceptors (Lipinski definition) is 4. The summed E-state index contributed by atoms with van der Waals surface area (Å²) in [4.78, 5) is 0. The van der Waals surface area contributed by atoms with Crippen LogP contribution in [0.1, 0.15) is 56.4 Å². The van der Waals surface area contributed by atoms with E-state index < -0.39 is 0 Å². The monoisotopic (exact) mass is 264 g/mol. The average molecular weight is 264 g/mol. The van der Waals surface area contributed by atoms with Crippen molar-refractivity contribution in [1.82, 2.24) is 10.5 Å². The van der Waals surface area contributed by atoms with E-state index in [2.05, 4.69) is 10.5 Å². The smallest absolute Gasteiger partial charge is 0.162 e. The van der Waals surface area contributed by atoms with Gasteiger partial charge in [0.2, 0.25) is 0 Å². The predicted molar refractivity (Wildman–Crippen MR) is 72.6 cm³/mol. The second-order valence-corrected chi connectivity index (χ2v) is 5.96. The minimum Gasteiger partial charge on any atom is -0.373 e. The molecule has 106 valence electrons. The molecule has 19 heavy (non-hydrogen) atoms. The molecule has 0 amide bonds. The molecular formula is C15H24N2O2. The molecule has 2 saturated carbocycles. The normalized spacial score (nSPS) is 20.8. The fourth-order valence-corrected chi connectivity index (χ4v) is 2.72. The van der Waals surface area contributed by atoms with E-state index in [0.717, 1.165) is 30.5 Å². The highest BCUT2D eigenvalue weighted by Gasteiger charge is 2.20. The minimum atomic E-state index is 0.562. The van der Waals surface area contributed by atoms with Crippen LogP contribution in [0.25, 0.3) is 0 Å². The van der Waals surface area contributed by atoms with Gasteiger partial charge in [-0.2, -0.15) is 0 Å². The van der Waals surface area contributed by atoms with Crippen molar-refractivity contribution in [2.75, 3.05) is 6.61 Å². The molecule has 3 rings (SSSR count). The third kappa shape index (κ3) is 4.32. The Morgan fingerprint density at radius 3 is 2.84 bits per heavy atom. The summed E-state index contributed by atoms with van der Waals surface area (Å²) in [7, 11) is 0. The summed E-state index contributed by atoms with van der Waals surface area (Å²) >= 11 is 0. The topological polar surface area (TPSA) is 47.3 Å². The molecule has 4 heteroatoms. The molecule has 4 nitrogen and oxygen atoms in total. The second-order valence-electron chi connectivity index (χ2n) is 5.96. The lowest BCUT2D eigenvalue weighted by Gasteiger charge is -2.20. The Labute approximate surface area is 114 Å². The maximum atomic E-state index is 5.76. The molecule has 0 saturated heterocycles. The Bertz CT molecular complexity index is 381. The number of hydrogen-bond donors (Lipinski definition) is 1. The second kappa shape index (κ2) is 6.53. The number of nitrogens with zero attached hydrogens (tertiary/aromatic N) is 1. The van der Waals surface area contributed by atoms with Gasteiger partial charge in [-0.05, 0) is 31.6 Å². The highest BCUT2D eigenvalue weighted by Crippen LogP contribution is 2.24. The van der Waals surface area contributed by atoms with Gasteiger partial charge in [0.1, 0.15) is 6.61 Å². The van der Waals surface area contributed by atoms with E-state index >= 15 is 0 Å². The zero-order chi connectivity index (χ0) is 12.9. The van der Waals surface area contributed by atoms with E-state index in [4.69, 9.17) is 9.26 Å². The lowest BCUT2D eigenvalue weighted by molar-refractivity contribution is 0.0606. The molecular weight excluding hydrogens is 240 g/mol. The first-order valence-electron chi connectivity index (χ1n) is 7.66. The van der Waals surface area contributed by atoms with Crippen LogP contribution >= 0.6 is 0 Å². The Balaban J connectivity index is 1.34. The maximum absolute atomic E-state index is 5.76. The Morgan fingerprint density at radius 2 is 2.05 bits per heavy atom. The van der Waals surface area contributed by atoms with Gasteiger partial charge >= 0.3 is 0 Å². The van der Waals surface area contributed by atoms with Crippen molar-refractivity contribution < 1.29 is 9.26 Å². The highest BCUT2D eigenvalue weighted by atomic mass is 16.5. The first kappa shape index (κ1) is 13.1. The number of rotatable bonds is 7. The third-order valence-corrected chi connectivity index (χ3v) is 4.08. The first-order valence-corrected chi connectivity index (χ1v) is 7.66. The quantitative estimate of drug-likeness (QED) is 0.822. The number of aromatic nitrogens is 1. The number of ether oxygens (including phenoxy) is 1. The van der Waals surface area contributed by atoms with Gasteiger partial charge in [-0.3, -0.25) is 0 Å². The van der Waals surface area contributed by atoms with Crippen molar-refractivity contribution in [3.05, 3.63) is 17.5 Å². The predicted octanol–water partition coefficient (Wildman–Crippen LogP) is 3.02. The van der Waals surface area contributed by atoms with Crippen molar-refractivity contribution in [2.24, 2.45) is 5.92 Å². The molecule has 1 aromatic rings. The van der Waals surface area contributed by atoms with Crippen LogP contribution in [0, 0.1) is 5.92 Å². The molecule has 2 fully saturated rings. The van der Waals surface area contributed by atoms with Gasteiger partial charge in [0.25, 0.3) is 0 Å². The summed E-state index contributed by atoms with van der Waals surface area (Å²) in [6, 6.07) is 2.72. The van der Waals surface area contributed by atoms with Gasteiger partial charge in [0.05, 0.1) is 5.69 Å². The van der Waals surface area contributed by atoms with Crippen LogP contribution in [0.4, 0.5) is 0 Å². The van der Waals surface area contributed by atoms with Crippen molar-refractivity contribution in [3.63, 3.8) is 0 Å². The molecule has 2 aliphatic carbocycles. The van der Waals surface area contributed by atoms with Crippen molar-refractivity contribution in [1.29, 1.82) is 0 Å². The molecule has 2 aliphatic rings. The summed E-state index contributed by atoms with van der Waals surface area (Å²) in [5.74, 6) is 1.61. The zero-order valence-corrected chi connectivity index (χ0v) is 11.6. The Morgan fingerprint density at radius 1 is 1.21 bits per heavy atom. The molecule has 0 unspecified atom stereocenters. The molecule has 0 radical (unpaired) electrons. The van der Waals surface area contributed by atoms with Crippen LogP contribution in [-0.2, 0) is 17.9 Å². The van der Waals surface area contributed by atoms with Crippen molar-refractivity contribution in [2.45, 2.75) is 64.1 Å². The molecule has 1 N–H and O–H groups in total. The van der Waals surface area contributed by atoms with Gasteiger partial charge in [-0.1, -0.05) is 24.4 Å². The van der Waals surface area contributed by atoms with E-state index in [1.165, 1.54) is 44.9 Å². The van der Waals surface area contributed by atoms with Crippen LogP contribution in [0.3, 0.4) is 0 Å². The van der Waals surface area contributed by atoms with Crippen LogP contribution in [0.15, 0.2) is 10.6 Å². The van der Waals surface area contributed by atoms with E-state index in [0.29, 0.717) is 12.6 Å². The maximum Gasteiger partial charge on any atom is 0.162 e. The van der Waals surface area contributed by atoms with Crippen LogP contribution in [-0.4, -0.2) is 17.8 Å². The van der Waals surface area contributed by atoms with E-state index in [-0.39, 0.29) is 0 Å². The summed E-state index contributed by atoms with van der Waals surface area (Å²) < 4.78 is 11.0. The minimum absolute atomic E-state index is 0.562. The van der Waals surface area contributed by atoms with E-state index in [1.807, 2.05) is 6.07 Å². The molecule has 1 heterocycles. The van der Waals surface area contributed by atoms with Crippen LogP contribution in [0.2, 0.25) is 0 Å². The molecule has 0 spiro atoms. The van der Waals surface area contributed by atoms with Crippen molar-refractivity contribution in [3.8, 4) is 0 Å². The molecule has 0 aromatic carbocycles. The molecule has 1 aromatic heterocycles. The summed E-state index contributed by atoms with van der Waals surface area (Å²) in [5.41, 5.74) is 0.989. The van der Waals surface area contributed by atoms with Crippen LogP contribution in [0.5, 0.6) is 0 Å². The lowest BCUT2D eigenvalue weighted by Crippen LogP contribution is -2.15. The zero-order valence-electron chi connectivity index (χ0n) is 11.6. The fourth-order valence-electron chi connectivity index (χ4n) is 2.72. The Kier molecular flexibility index (Phi) is 4.51. The SMILES string of the molecule is c1c(CNC2CC2)noc1COCC1CCCCC1. The summed E-state index contributed by atoms with van der Waals surface area (Å²) in [6.07, 6.45) is 9.39. The molecule has 0 aliphatic heterocycles. The Hall–Kier alpha value is -0.870. The van der Waals surface area contributed by atoms with Gasteiger partial charge in [-0.15, -0.1) is 0 Å². The van der Waals surface area contributed by atoms with Gasteiger partial charge < -0.3 is 14.6 Å². The summed E-state index contributed by atoms with van der Waals surface area (Å²) in [5, 5.41) is 7.49. The van der Waals surface area contributed by atoms with E-state index in [1.54, 1.807) is 0 Å². The molecule has 0 atom stereocenters. The van der Waals surface area contributed by atoms with Gasteiger partial charge in [0.15, 0.2) is 5.76 Å². The van der Waals surface area contributed by atoms with E-state index in [9.17, 15) is 0 Å². The van der Waals surface area contributed by atoms with Gasteiger partial charge in [-0.25, -0.2) is 0 Å². The highest BCUT2D eigenvalue weighted by molar-refractivity contribution is 5.04. The largest absolute Gasteiger partial charge is 0.373 e. The lowest BCUT2D eigenvalue weighted by atomic mass is 9.90. The summed E-state index contributed by atoms with van der Waals surface area (Å²) in [6.45, 7) is 2.25. The third-order valence-electron chi connectivity index (χ3n) is 4.08. The fraction of sp³-hybridized carbons (Fsp3) is 0.800. The van der Waals surface area contributed by atoms with Crippen molar-refractivity contribution >= 4 is 0 Å². The van der Waals surface area contributed by atoms with Crippen LogP contribution < -0.4 is 5.32 Å². The van der Waals surface area contributed by atoms with Gasteiger partial charge in [0, 0.05) is 25.3 Å². The average Bonchev–Trinajstić information content (AvgIpc) is 3.17. The number of nitrogens with one attached hydrogen (secondary N) is 1. The first-order chi connectivity index (χ1) is 9.40.